The fraction of sp³-hybridized carbons (Fsp3) is 1.00. The highest BCUT2D eigenvalue weighted by atomic mass is 32.2. The van der Waals surface area contributed by atoms with Crippen LogP contribution in [0.4, 0.5) is 0 Å². The number of piperidine rings is 1. The van der Waals surface area contributed by atoms with Crippen molar-refractivity contribution in [2.75, 3.05) is 39.0 Å². The third-order valence-electron chi connectivity index (χ3n) is 4.23. The van der Waals surface area contributed by atoms with Crippen LogP contribution in [-0.4, -0.2) is 68.7 Å². The Morgan fingerprint density at radius 1 is 1.22 bits per heavy atom. The van der Waals surface area contributed by atoms with Crippen LogP contribution in [0, 0.1) is 0 Å². The number of likely N-dealkylation sites (N-methyl/N-ethyl adjacent to an activating group) is 1. The molecule has 18 heavy (non-hydrogen) atoms. The van der Waals surface area contributed by atoms with Crippen molar-refractivity contribution in [2.24, 2.45) is 0 Å². The van der Waals surface area contributed by atoms with E-state index >= 15 is 0 Å². The Hall–Kier alpha value is -0.170. The molecule has 0 radical (unpaired) electrons. The van der Waals surface area contributed by atoms with E-state index in [1.807, 2.05) is 0 Å². The summed E-state index contributed by atoms with van der Waals surface area (Å²) in [6.45, 7) is 6.83. The van der Waals surface area contributed by atoms with Crippen molar-refractivity contribution in [1.29, 1.82) is 0 Å². The summed E-state index contributed by atoms with van der Waals surface area (Å²) in [7, 11) is -3.00. The lowest BCUT2D eigenvalue weighted by Gasteiger charge is -2.40. The first-order chi connectivity index (χ1) is 8.52. The van der Waals surface area contributed by atoms with E-state index in [4.69, 9.17) is 0 Å². The Bertz CT molecular complexity index is 358. The Balaban J connectivity index is 1.91. The number of hydrogen-bond acceptors (Lipinski definition) is 4. The highest BCUT2D eigenvalue weighted by Crippen LogP contribution is 2.22. The second kappa shape index (κ2) is 5.86. The minimum atomic E-state index is -3.00. The normalized spacial score (nSPS) is 28.1. The van der Waals surface area contributed by atoms with E-state index in [9.17, 15) is 8.42 Å². The molecule has 0 aromatic rings. The van der Waals surface area contributed by atoms with Crippen molar-refractivity contribution in [2.45, 2.75) is 38.3 Å². The first-order valence-electron chi connectivity index (χ1n) is 6.94. The predicted molar refractivity (Wildman–Crippen MR) is 73.1 cm³/mol. The predicted octanol–water partition coefficient (Wildman–Crippen LogP) is 0.0942. The number of hydrogen-bond donors (Lipinski definition) is 1. The molecule has 6 heteroatoms. The maximum absolute atomic E-state index is 11.5. The Morgan fingerprint density at radius 2 is 1.89 bits per heavy atom. The van der Waals surface area contributed by atoms with Gasteiger partial charge in [-0.05, 0) is 32.4 Å². The van der Waals surface area contributed by atoms with Crippen LogP contribution in [0.15, 0.2) is 0 Å². The first kappa shape index (κ1) is 14.2. The van der Waals surface area contributed by atoms with Gasteiger partial charge in [-0.15, -0.1) is 0 Å². The molecular formula is C12H25N3O2S. The lowest BCUT2D eigenvalue weighted by Crippen LogP contribution is -2.50. The van der Waals surface area contributed by atoms with E-state index < -0.39 is 10.0 Å². The van der Waals surface area contributed by atoms with E-state index in [0.29, 0.717) is 25.2 Å². The fourth-order valence-corrected chi connectivity index (χ4v) is 4.12. The van der Waals surface area contributed by atoms with Crippen LogP contribution in [0.5, 0.6) is 0 Å². The molecule has 0 aliphatic carbocycles. The van der Waals surface area contributed by atoms with Crippen LogP contribution in [-0.2, 0) is 10.0 Å². The van der Waals surface area contributed by atoms with Crippen molar-refractivity contribution in [1.82, 2.24) is 14.5 Å². The molecule has 0 bridgehead atoms. The van der Waals surface area contributed by atoms with E-state index in [1.165, 1.54) is 12.7 Å². The topological polar surface area (TPSA) is 52.7 Å². The van der Waals surface area contributed by atoms with Gasteiger partial charge >= 0.3 is 0 Å². The molecule has 106 valence electrons. The van der Waals surface area contributed by atoms with Gasteiger partial charge in [0.05, 0.1) is 6.26 Å². The maximum Gasteiger partial charge on any atom is 0.211 e. The van der Waals surface area contributed by atoms with Crippen LogP contribution in [0.3, 0.4) is 0 Å². The highest BCUT2D eigenvalue weighted by molar-refractivity contribution is 7.88. The summed E-state index contributed by atoms with van der Waals surface area (Å²) in [6, 6.07) is 1.20. The Labute approximate surface area is 111 Å². The van der Waals surface area contributed by atoms with Crippen molar-refractivity contribution in [3.63, 3.8) is 0 Å². The molecule has 1 atom stereocenters. The summed E-state index contributed by atoms with van der Waals surface area (Å²) in [5.41, 5.74) is 0. The SMILES string of the molecule is CCN(C1CCN(S(C)(=O)=O)CC1)C1CCNC1. The molecule has 2 heterocycles. The molecule has 0 aromatic carbocycles. The minimum absolute atomic E-state index is 0.554. The molecule has 2 saturated heterocycles. The highest BCUT2D eigenvalue weighted by Gasteiger charge is 2.32. The molecule has 5 nitrogen and oxygen atoms in total. The number of nitrogens with one attached hydrogen (secondary N) is 1. The van der Waals surface area contributed by atoms with Crippen molar-refractivity contribution in [3.05, 3.63) is 0 Å². The molecule has 2 fully saturated rings. The maximum atomic E-state index is 11.5. The van der Waals surface area contributed by atoms with Crippen molar-refractivity contribution in [3.8, 4) is 0 Å². The summed E-state index contributed by atoms with van der Waals surface area (Å²) in [6.07, 6.45) is 4.47. The minimum Gasteiger partial charge on any atom is -0.315 e. The summed E-state index contributed by atoms with van der Waals surface area (Å²) in [5, 5.41) is 3.41. The monoisotopic (exact) mass is 275 g/mol. The molecule has 1 N–H and O–H groups in total. The molecule has 0 spiro atoms. The zero-order valence-electron chi connectivity index (χ0n) is 11.4. The fourth-order valence-electron chi connectivity index (χ4n) is 3.24. The molecule has 2 aliphatic heterocycles. The number of sulfonamides is 1. The summed E-state index contributed by atoms with van der Waals surface area (Å²) >= 11 is 0. The quantitative estimate of drug-likeness (QED) is 0.790. The van der Waals surface area contributed by atoms with Gasteiger partial charge in [-0.1, -0.05) is 6.92 Å². The Morgan fingerprint density at radius 3 is 2.33 bits per heavy atom. The second-order valence-electron chi connectivity index (χ2n) is 5.37. The van der Waals surface area contributed by atoms with Gasteiger partial charge < -0.3 is 5.32 Å². The van der Waals surface area contributed by atoms with Crippen LogP contribution < -0.4 is 5.32 Å². The number of nitrogens with zero attached hydrogens (tertiary/aromatic N) is 2. The molecular weight excluding hydrogens is 250 g/mol. The molecule has 0 amide bonds. The summed E-state index contributed by atoms with van der Waals surface area (Å²) in [4.78, 5) is 2.57. The standard InChI is InChI=1S/C12H25N3O2S/c1-3-15(12-4-7-13-10-12)11-5-8-14(9-6-11)18(2,16)17/h11-13H,3-10H2,1-2H3. The third-order valence-corrected chi connectivity index (χ3v) is 5.53. The molecule has 2 aliphatic rings. The third kappa shape index (κ3) is 3.23. The van der Waals surface area contributed by atoms with Gasteiger partial charge in [0, 0.05) is 31.7 Å². The van der Waals surface area contributed by atoms with Crippen LogP contribution >= 0.6 is 0 Å². The average Bonchev–Trinajstić information content (AvgIpc) is 2.83. The van der Waals surface area contributed by atoms with Gasteiger partial charge in [-0.25, -0.2) is 12.7 Å². The number of rotatable bonds is 4. The molecule has 1 unspecified atom stereocenters. The van der Waals surface area contributed by atoms with E-state index in [-0.39, 0.29) is 0 Å². The summed E-state index contributed by atoms with van der Waals surface area (Å²) < 4.78 is 24.6. The average molecular weight is 275 g/mol. The van der Waals surface area contributed by atoms with Crippen LogP contribution in [0.2, 0.25) is 0 Å². The first-order valence-corrected chi connectivity index (χ1v) is 8.78. The van der Waals surface area contributed by atoms with Crippen LogP contribution in [0.25, 0.3) is 0 Å². The van der Waals surface area contributed by atoms with Gasteiger partial charge in [0.2, 0.25) is 10.0 Å². The van der Waals surface area contributed by atoms with Crippen LogP contribution in [0.1, 0.15) is 26.2 Å². The lowest BCUT2D eigenvalue weighted by atomic mass is 10.0. The summed E-state index contributed by atoms with van der Waals surface area (Å²) in [5.74, 6) is 0. The van der Waals surface area contributed by atoms with E-state index in [0.717, 1.165) is 32.5 Å². The van der Waals surface area contributed by atoms with Gasteiger partial charge in [0.1, 0.15) is 0 Å². The Kier molecular flexibility index (Phi) is 4.64. The van der Waals surface area contributed by atoms with Gasteiger partial charge in [0.15, 0.2) is 0 Å². The zero-order valence-corrected chi connectivity index (χ0v) is 12.2. The van der Waals surface area contributed by atoms with Crippen molar-refractivity contribution < 1.29 is 8.42 Å². The molecule has 0 saturated carbocycles. The van der Waals surface area contributed by atoms with Crippen molar-refractivity contribution >= 4 is 10.0 Å². The van der Waals surface area contributed by atoms with E-state index in [1.54, 1.807) is 4.31 Å². The molecule has 0 aromatic heterocycles. The van der Waals surface area contributed by atoms with Gasteiger partial charge in [-0.3, -0.25) is 4.90 Å². The zero-order chi connectivity index (χ0) is 13.2. The second-order valence-corrected chi connectivity index (χ2v) is 7.35. The largest absolute Gasteiger partial charge is 0.315 e. The van der Waals surface area contributed by atoms with Gasteiger partial charge in [-0.2, -0.15) is 0 Å². The van der Waals surface area contributed by atoms with Gasteiger partial charge in [0.25, 0.3) is 0 Å². The lowest BCUT2D eigenvalue weighted by molar-refractivity contribution is 0.107. The smallest absolute Gasteiger partial charge is 0.211 e. The van der Waals surface area contributed by atoms with E-state index in [2.05, 4.69) is 17.1 Å². The molecule has 2 rings (SSSR count).